The third kappa shape index (κ3) is 4.90. The molecule has 1 amide bonds. The van der Waals surface area contributed by atoms with Gasteiger partial charge in [-0.2, -0.15) is 31.1 Å². The summed E-state index contributed by atoms with van der Waals surface area (Å²) < 4.78 is 86.5. The number of aromatic nitrogens is 1. The van der Waals surface area contributed by atoms with Gasteiger partial charge in [0.25, 0.3) is 0 Å². The number of carbonyl (C=O) groups excluding carboxylic acids is 1. The molecule has 2 bridgehead atoms. The van der Waals surface area contributed by atoms with E-state index in [-0.39, 0.29) is 60.4 Å². The maximum absolute atomic E-state index is 13.7. The molecular weight excluding hydrogens is 492 g/mol. The van der Waals surface area contributed by atoms with E-state index in [1.54, 1.807) is 0 Å². The highest BCUT2D eigenvalue weighted by Gasteiger charge is 2.54. The highest BCUT2D eigenvalue weighted by Crippen LogP contribution is 2.49. The Labute approximate surface area is 204 Å². The Morgan fingerprint density at radius 3 is 2.50 bits per heavy atom. The molecule has 5 rings (SSSR count). The van der Waals surface area contributed by atoms with Crippen LogP contribution in [0.5, 0.6) is 0 Å². The van der Waals surface area contributed by atoms with Crippen LogP contribution in [0.3, 0.4) is 0 Å². The molecule has 2 aliphatic carbocycles. The summed E-state index contributed by atoms with van der Waals surface area (Å²) in [5.74, 6) is -0.0610. The van der Waals surface area contributed by atoms with Gasteiger partial charge in [-0.05, 0) is 50.0 Å². The number of alkyl halides is 6. The van der Waals surface area contributed by atoms with Crippen LogP contribution < -0.4 is 10.0 Å². The molecule has 1 aromatic rings. The Hall–Kier alpha value is -2.08. The minimum absolute atomic E-state index is 0.0126. The molecule has 4 atom stereocenters. The highest BCUT2D eigenvalue weighted by atomic mass is 19.4. The molecule has 36 heavy (non-hydrogen) atoms. The zero-order valence-electron chi connectivity index (χ0n) is 19.6. The van der Waals surface area contributed by atoms with E-state index >= 15 is 0 Å². The molecule has 3 fully saturated rings. The van der Waals surface area contributed by atoms with Gasteiger partial charge in [-0.3, -0.25) is 4.79 Å². The lowest BCUT2D eigenvalue weighted by Crippen LogP contribution is -2.51. The van der Waals surface area contributed by atoms with Crippen LogP contribution in [0.4, 0.5) is 26.3 Å². The molecule has 1 saturated heterocycles. The number of amides is 1. The Morgan fingerprint density at radius 2 is 1.86 bits per heavy atom. The lowest BCUT2D eigenvalue weighted by molar-refractivity contribution is -0.616. The van der Waals surface area contributed by atoms with Crippen molar-refractivity contribution in [2.75, 3.05) is 19.8 Å². The summed E-state index contributed by atoms with van der Waals surface area (Å²) in [4.78, 5) is 14.8. The topological polar surface area (TPSA) is 68.5 Å². The van der Waals surface area contributed by atoms with Crippen molar-refractivity contribution in [3.8, 4) is 0 Å². The summed E-state index contributed by atoms with van der Waals surface area (Å²) in [5.41, 5.74) is -2.69. The summed E-state index contributed by atoms with van der Waals surface area (Å²) in [6.07, 6.45) is -7.65. The minimum Gasteiger partial charge on any atom is -0.618 e. The van der Waals surface area contributed by atoms with Crippen LogP contribution in [-0.4, -0.2) is 48.8 Å². The molecule has 6 nitrogen and oxygen atoms in total. The second kappa shape index (κ2) is 9.04. The fourth-order valence-electron chi connectivity index (χ4n) is 6.80. The van der Waals surface area contributed by atoms with Gasteiger partial charge in [0.1, 0.15) is 5.56 Å². The van der Waals surface area contributed by atoms with Crippen LogP contribution >= 0.6 is 0 Å². The zero-order valence-corrected chi connectivity index (χ0v) is 19.6. The summed E-state index contributed by atoms with van der Waals surface area (Å²) in [7, 11) is 0. The van der Waals surface area contributed by atoms with Crippen LogP contribution in [0.15, 0.2) is 12.3 Å². The number of ether oxygens (including phenoxy) is 1. The Kier molecular flexibility index (Phi) is 6.42. The van der Waals surface area contributed by atoms with Crippen LogP contribution in [0.25, 0.3) is 0 Å². The van der Waals surface area contributed by atoms with Gasteiger partial charge in [-0.15, -0.1) is 0 Å². The van der Waals surface area contributed by atoms with E-state index in [2.05, 4.69) is 5.32 Å². The predicted molar refractivity (Wildman–Crippen MR) is 114 cm³/mol. The largest absolute Gasteiger partial charge is 0.618 e. The molecule has 2 saturated carbocycles. The van der Waals surface area contributed by atoms with E-state index in [0.717, 1.165) is 18.9 Å². The third-order valence-electron chi connectivity index (χ3n) is 8.43. The number of rotatable bonds is 4. The van der Waals surface area contributed by atoms with E-state index in [4.69, 9.17) is 4.74 Å². The second-order valence-corrected chi connectivity index (χ2v) is 10.8. The van der Waals surface area contributed by atoms with Gasteiger partial charge in [-0.25, -0.2) is 0 Å². The Bertz CT molecular complexity index is 1000. The van der Waals surface area contributed by atoms with Gasteiger partial charge in [0, 0.05) is 24.2 Å². The van der Waals surface area contributed by atoms with Crippen molar-refractivity contribution in [3.63, 3.8) is 0 Å². The van der Waals surface area contributed by atoms with E-state index in [9.17, 15) is 36.3 Å². The van der Waals surface area contributed by atoms with Gasteiger partial charge in [-0.1, -0.05) is 0 Å². The van der Waals surface area contributed by atoms with Gasteiger partial charge in [0.05, 0.1) is 38.0 Å². The van der Waals surface area contributed by atoms with E-state index in [1.165, 1.54) is 4.90 Å². The average molecular weight is 522 g/mol. The normalized spacial score (nSPS) is 32.6. The lowest BCUT2D eigenvalue weighted by atomic mass is 9.79. The maximum Gasteiger partial charge on any atom is 0.422 e. The first-order valence-electron chi connectivity index (χ1n) is 12.4. The number of carbonyl (C=O) groups is 1. The van der Waals surface area contributed by atoms with Crippen molar-refractivity contribution in [2.24, 2.45) is 17.3 Å². The first-order valence-corrected chi connectivity index (χ1v) is 12.4. The average Bonchev–Trinajstić information content (AvgIpc) is 3.26. The van der Waals surface area contributed by atoms with Crippen molar-refractivity contribution in [1.82, 2.24) is 10.2 Å². The van der Waals surface area contributed by atoms with Crippen molar-refractivity contribution < 1.29 is 40.6 Å². The number of halogens is 6. The van der Waals surface area contributed by atoms with Gasteiger partial charge in [0.15, 0.2) is 11.9 Å². The molecule has 2 aliphatic heterocycles. The van der Waals surface area contributed by atoms with Crippen molar-refractivity contribution in [1.29, 1.82) is 0 Å². The molecule has 1 N–H and O–H groups in total. The molecule has 0 aromatic carbocycles. The van der Waals surface area contributed by atoms with Gasteiger partial charge >= 0.3 is 12.4 Å². The molecule has 200 valence electrons. The van der Waals surface area contributed by atoms with E-state index < -0.39 is 35.7 Å². The summed E-state index contributed by atoms with van der Waals surface area (Å²) >= 11 is 0. The van der Waals surface area contributed by atoms with Crippen LogP contribution in [0.2, 0.25) is 0 Å². The molecule has 4 aliphatic rings. The number of hydrogen-bond donors (Lipinski definition) is 1. The fraction of sp³-hybridized carbons (Fsp3) is 0.750. The van der Waals surface area contributed by atoms with E-state index in [0.29, 0.717) is 37.7 Å². The van der Waals surface area contributed by atoms with Crippen molar-refractivity contribution >= 4 is 5.91 Å². The van der Waals surface area contributed by atoms with Crippen molar-refractivity contribution in [3.05, 3.63) is 34.3 Å². The van der Waals surface area contributed by atoms with E-state index in [1.807, 2.05) is 0 Å². The van der Waals surface area contributed by atoms with Gasteiger partial charge in [0.2, 0.25) is 5.91 Å². The SMILES string of the molecule is O=C(N1CCc2c(cc(C(F)(F)F)c[n+]2[O-])C1)[C@@]1(CC(F)(F)F)CC[C@@H](NC2C3CCC2COC3)C1. The fourth-order valence-corrected chi connectivity index (χ4v) is 6.80. The first-order chi connectivity index (χ1) is 16.8. The summed E-state index contributed by atoms with van der Waals surface area (Å²) in [5, 5.41) is 15.7. The lowest BCUT2D eigenvalue weighted by Gasteiger charge is -2.38. The number of pyridine rings is 1. The predicted octanol–water partition coefficient (Wildman–Crippen LogP) is 3.73. The van der Waals surface area contributed by atoms with Crippen LogP contribution in [-0.2, 0) is 28.7 Å². The summed E-state index contributed by atoms with van der Waals surface area (Å²) in [6.45, 7) is 0.921. The molecule has 1 aromatic heterocycles. The van der Waals surface area contributed by atoms with Crippen molar-refractivity contribution in [2.45, 2.75) is 75.9 Å². The number of nitrogens with zero attached hydrogens (tertiary/aromatic N) is 2. The quantitative estimate of drug-likeness (QED) is 0.373. The minimum atomic E-state index is -4.75. The number of hydrogen-bond acceptors (Lipinski definition) is 4. The molecule has 0 radical (unpaired) electrons. The van der Waals surface area contributed by atoms with Crippen LogP contribution in [0.1, 0.15) is 55.3 Å². The molecule has 0 spiro atoms. The van der Waals surface area contributed by atoms with Crippen LogP contribution in [0, 0.1) is 22.5 Å². The standard InChI is InChI=1S/C24H29F6N3O3/c25-23(26,27)13-22(5-3-18(8-22)31-20-14-1-2-15(20)12-36-11-14)21(34)32-6-4-19-16(9-32)7-17(10-33(19)35)24(28,29)30/h7,10,14-15,18,20,31H,1-6,8-9,11-13H2/t14?,15?,18-,20?,22+/m1/s1. The molecule has 12 heteroatoms. The summed E-state index contributed by atoms with van der Waals surface area (Å²) in [6, 6.07) is 0.732. The van der Waals surface area contributed by atoms with Gasteiger partial charge < -0.3 is 20.2 Å². The first kappa shape index (κ1) is 25.6. The highest BCUT2D eigenvalue weighted by molar-refractivity contribution is 5.83. The number of fused-ring (bicyclic) bond motifs is 3. The molecule has 3 heterocycles. The second-order valence-electron chi connectivity index (χ2n) is 10.8. The Morgan fingerprint density at radius 1 is 1.17 bits per heavy atom. The maximum atomic E-state index is 13.7. The Balaban J connectivity index is 1.35. The monoisotopic (exact) mass is 521 g/mol. The smallest absolute Gasteiger partial charge is 0.422 e. The molecular formula is C24H29F6N3O3. The zero-order chi connectivity index (χ0) is 25.9. The number of nitrogens with one attached hydrogen (secondary N) is 1. The molecule has 2 unspecified atom stereocenters. The third-order valence-corrected chi connectivity index (χ3v) is 8.43.